The largest absolute Gasteiger partial charge is 0.385 e. The summed E-state index contributed by atoms with van der Waals surface area (Å²) in [4.78, 5) is 0. The Hall–Kier alpha value is -0.510. The lowest BCUT2D eigenvalue weighted by Crippen LogP contribution is -2.46. The quantitative estimate of drug-likeness (QED) is 0.862. The molecule has 0 aromatic heterocycles. The molecule has 3 unspecified atom stereocenters. The van der Waals surface area contributed by atoms with Gasteiger partial charge in [-0.3, -0.25) is 0 Å². The van der Waals surface area contributed by atoms with Crippen molar-refractivity contribution in [1.29, 1.82) is 0 Å². The molecule has 2 aliphatic heterocycles. The second-order valence-electron chi connectivity index (χ2n) is 7.11. The number of rotatable bonds is 1. The van der Waals surface area contributed by atoms with Crippen LogP contribution in [0.5, 0.6) is 0 Å². The van der Waals surface area contributed by atoms with E-state index >= 15 is 0 Å². The molecular weight excluding hydrogens is 280 g/mol. The summed E-state index contributed by atoms with van der Waals surface area (Å²) in [6.07, 6.45) is 5.09. The second kappa shape index (κ2) is 5.00. The molecule has 1 aromatic carbocycles. The Kier molecular flexibility index (Phi) is 3.36. The van der Waals surface area contributed by atoms with E-state index in [0.717, 1.165) is 44.5 Å². The molecule has 21 heavy (non-hydrogen) atoms. The number of hydrogen-bond donors (Lipinski definition) is 1. The smallest absolute Gasteiger partial charge is 0.0932 e. The van der Waals surface area contributed by atoms with E-state index in [2.05, 4.69) is 25.1 Å². The van der Waals surface area contributed by atoms with Gasteiger partial charge in [-0.2, -0.15) is 11.8 Å². The summed E-state index contributed by atoms with van der Waals surface area (Å²) in [5, 5.41) is 11.5. The number of ether oxygens (including phenoxy) is 1. The standard InChI is InChI=1S/C18H24O2S/c1-13-2-3-14-4-6-18(19,16(14)10-13)15-5-8-20-17(11-15)7-9-21-12-17/h2-3,10,15,19H,4-9,11-12H2,1H3. The van der Waals surface area contributed by atoms with E-state index in [0.29, 0.717) is 5.92 Å². The van der Waals surface area contributed by atoms with E-state index in [1.807, 2.05) is 11.8 Å². The topological polar surface area (TPSA) is 29.5 Å². The Morgan fingerprint density at radius 1 is 1.33 bits per heavy atom. The van der Waals surface area contributed by atoms with Crippen LogP contribution in [0.3, 0.4) is 0 Å². The van der Waals surface area contributed by atoms with Crippen LogP contribution in [-0.2, 0) is 16.8 Å². The SMILES string of the molecule is Cc1ccc2c(c1)C(O)(C1CCOC3(CCSC3)C1)CC2. The van der Waals surface area contributed by atoms with Gasteiger partial charge in [0.25, 0.3) is 0 Å². The van der Waals surface area contributed by atoms with Crippen molar-refractivity contribution >= 4 is 11.8 Å². The van der Waals surface area contributed by atoms with Crippen LogP contribution in [0.2, 0.25) is 0 Å². The van der Waals surface area contributed by atoms with Gasteiger partial charge in [-0.05, 0) is 61.8 Å². The fraction of sp³-hybridized carbons (Fsp3) is 0.667. The molecule has 0 saturated carbocycles. The first kappa shape index (κ1) is 14.1. The molecule has 3 heteroatoms. The van der Waals surface area contributed by atoms with Gasteiger partial charge in [-0.1, -0.05) is 23.8 Å². The summed E-state index contributed by atoms with van der Waals surface area (Å²) in [5.41, 5.74) is 3.24. The van der Waals surface area contributed by atoms with E-state index in [1.54, 1.807) is 0 Å². The van der Waals surface area contributed by atoms with Crippen LogP contribution in [-0.4, -0.2) is 28.8 Å². The lowest BCUT2D eigenvalue weighted by atomic mass is 9.72. The van der Waals surface area contributed by atoms with Gasteiger partial charge in [0, 0.05) is 12.4 Å². The normalized spacial score (nSPS) is 38.9. The predicted octanol–water partition coefficient (Wildman–Crippen LogP) is 3.43. The predicted molar refractivity (Wildman–Crippen MR) is 86.7 cm³/mol. The van der Waals surface area contributed by atoms with E-state index < -0.39 is 5.60 Å². The van der Waals surface area contributed by atoms with Crippen molar-refractivity contribution in [3.05, 3.63) is 34.9 Å². The summed E-state index contributed by atoms with van der Waals surface area (Å²) >= 11 is 2.00. The van der Waals surface area contributed by atoms with Gasteiger partial charge >= 0.3 is 0 Å². The third-order valence-corrected chi connectivity index (χ3v) is 6.97. The molecule has 0 amide bonds. The number of fused-ring (bicyclic) bond motifs is 1. The highest BCUT2D eigenvalue weighted by Gasteiger charge is 2.50. The van der Waals surface area contributed by atoms with Crippen LogP contribution in [0.15, 0.2) is 18.2 Å². The lowest BCUT2D eigenvalue weighted by Gasteiger charge is -2.44. The molecular formula is C18H24O2S. The molecule has 1 aromatic rings. The fourth-order valence-electron chi connectivity index (χ4n) is 4.49. The molecule has 2 heterocycles. The van der Waals surface area contributed by atoms with Crippen molar-refractivity contribution < 1.29 is 9.84 Å². The third-order valence-electron chi connectivity index (χ3n) is 5.74. The number of thioether (sulfide) groups is 1. The van der Waals surface area contributed by atoms with Crippen molar-refractivity contribution in [2.75, 3.05) is 18.1 Å². The highest BCUT2D eigenvalue weighted by Crippen LogP contribution is 2.50. The van der Waals surface area contributed by atoms with E-state index in [4.69, 9.17) is 4.74 Å². The first-order valence-electron chi connectivity index (χ1n) is 8.15. The molecule has 2 fully saturated rings. The van der Waals surface area contributed by atoms with Gasteiger partial charge in [0.2, 0.25) is 0 Å². The minimum absolute atomic E-state index is 0.0515. The fourth-order valence-corrected chi connectivity index (χ4v) is 5.87. The zero-order valence-corrected chi connectivity index (χ0v) is 13.5. The van der Waals surface area contributed by atoms with Crippen molar-refractivity contribution in [2.45, 2.75) is 50.2 Å². The Morgan fingerprint density at radius 2 is 2.24 bits per heavy atom. The number of aliphatic hydroxyl groups is 1. The number of hydrogen-bond acceptors (Lipinski definition) is 3. The maximum Gasteiger partial charge on any atom is 0.0932 e. The van der Waals surface area contributed by atoms with Crippen LogP contribution in [0, 0.1) is 12.8 Å². The number of benzene rings is 1. The van der Waals surface area contributed by atoms with E-state index in [-0.39, 0.29) is 5.60 Å². The first-order valence-corrected chi connectivity index (χ1v) is 9.31. The van der Waals surface area contributed by atoms with Gasteiger partial charge < -0.3 is 9.84 Å². The average Bonchev–Trinajstić information content (AvgIpc) is 3.06. The van der Waals surface area contributed by atoms with Gasteiger partial charge in [0.05, 0.1) is 11.2 Å². The summed E-state index contributed by atoms with van der Waals surface area (Å²) in [5.74, 6) is 2.68. The molecule has 3 aliphatic rings. The van der Waals surface area contributed by atoms with Gasteiger partial charge in [0.1, 0.15) is 0 Å². The highest BCUT2D eigenvalue weighted by atomic mass is 32.2. The highest BCUT2D eigenvalue weighted by molar-refractivity contribution is 7.99. The van der Waals surface area contributed by atoms with Crippen LogP contribution >= 0.6 is 11.8 Å². The average molecular weight is 304 g/mol. The van der Waals surface area contributed by atoms with Gasteiger partial charge in [-0.15, -0.1) is 0 Å². The molecule has 4 rings (SSSR count). The van der Waals surface area contributed by atoms with Crippen LogP contribution in [0.1, 0.15) is 42.4 Å². The molecule has 3 atom stereocenters. The maximum atomic E-state index is 11.5. The lowest BCUT2D eigenvalue weighted by molar-refractivity contribution is -0.134. The van der Waals surface area contributed by atoms with Crippen molar-refractivity contribution in [3.63, 3.8) is 0 Å². The first-order chi connectivity index (χ1) is 10.1. The monoisotopic (exact) mass is 304 g/mol. The minimum atomic E-state index is -0.620. The Balaban J connectivity index is 1.66. The zero-order chi connectivity index (χ0) is 14.5. The van der Waals surface area contributed by atoms with Crippen molar-refractivity contribution in [1.82, 2.24) is 0 Å². The summed E-state index contributed by atoms with van der Waals surface area (Å²) in [6.45, 7) is 2.94. The van der Waals surface area contributed by atoms with Crippen molar-refractivity contribution in [3.8, 4) is 0 Å². The number of aryl methyl sites for hydroxylation is 2. The van der Waals surface area contributed by atoms with Gasteiger partial charge in [0.15, 0.2) is 0 Å². The Morgan fingerprint density at radius 3 is 3.05 bits per heavy atom. The van der Waals surface area contributed by atoms with Crippen LogP contribution in [0.4, 0.5) is 0 Å². The Labute approximate surface area is 131 Å². The molecule has 114 valence electrons. The van der Waals surface area contributed by atoms with Crippen molar-refractivity contribution in [2.24, 2.45) is 5.92 Å². The van der Waals surface area contributed by atoms with E-state index in [1.165, 1.54) is 22.4 Å². The second-order valence-corrected chi connectivity index (χ2v) is 8.21. The van der Waals surface area contributed by atoms with Crippen LogP contribution < -0.4 is 0 Å². The molecule has 1 aliphatic carbocycles. The van der Waals surface area contributed by atoms with Crippen LogP contribution in [0.25, 0.3) is 0 Å². The molecule has 0 radical (unpaired) electrons. The van der Waals surface area contributed by atoms with E-state index in [9.17, 15) is 5.11 Å². The molecule has 2 nitrogen and oxygen atoms in total. The molecule has 2 saturated heterocycles. The summed E-state index contributed by atoms with van der Waals surface area (Å²) < 4.78 is 6.14. The zero-order valence-electron chi connectivity index (χ0n) is 12.7. The summed E-state index contributed by atoms with van der Waals surface area (Å²) in [6, 6.07) is 6.60. The third kappa shape index (κ3) is 2.25. The summed E-state index contributed by atoms with van der Waals surface area (Å²) in [7, 11) is 0. The molecule has 1 spiro atoms. The minimum Gasteiger partial charge on any atom is -0.385 e. The molecule has 0 bridgehead atoms. The van der Waals surface area contributed by atoms with Gasteiger partial charge in [-0.25, -0.2) is 0 Å². The molecule has 1 N–H and O–H groups in total. The Bertz CT molecular complexity index is 550. The maximum absolute atomic E-state index is 11.5.